The molecule has 6 heteroatoms. The van der Waals surface area contributed by atoms with Crippen molar-refractivity contribution in [3.63, 3.8) is 0 Å². The number of rotatable bonds is 4. The molecule has 0 saturated carbocycles. The van der Waals surface area contributed by atoms with Gasteiger partial charge in [0.05, 0.1) is 6.54 Å². The maximum atomic E-state index is 12.4. The smallest absolute Gasteiger partial charge is 0.325 e. The summed E-state index contributed by atoms with van der Waals surface area (Å²) >= 11 is 0. The van der Waals surface area contributed by atoms with E-state index in [1.54, 1.807) is 4.90 Å². The molecule has 1 saturated heterocycles. The van der Waals surface area contributed by atoms with Gasteiger partial charge in [0.15, 0.2) is 0 Å². The van der Waals surface area contributed by atoms with Crippen LogP contribution in [0, 0.1) is 19.8 Å². The van der Waals surface area contributed by atoms with Gasteiger partial charge in [0.1, 0.15) is 0 Å². The molecular formula is C16H21F3N2O. The highest BCUT2D eigenvalue weighted by Gasteiger charge is 2.35. The number of anilines is 1. The predicted octanol–water partition coefficient (Wildman–Crippen LogP) is 3.52. The van der Waals surface area contributed by atoms with E-state index in [0.717, 1.165) is 16.8 Å². The summed E-state index contributed by atoms with van der Waals surface area (Å²) in [5, 5.41) is 2.82. The van der Waals surface area contributed by atoms with Gasteiger partial charge in [-0.3, -0.25) is 9.69 Å². The number of aryl methyl sites for hydroxylation is 2. The van der Waals surface area contributed by atoms with Crippen LogP contribution in [0.15, 0.2) is 18.2 Å². The fourth-order valence-electron chi connectivity index (χ4n) is 2.90. The van der Waals surface area contributed by atoms with Crippen molar-refractivity contribution in [2.75, 3.05) is 25.0 Å². The number of alkyl halides is 3. The van der Waals surface area contributed by atoms with Gasteiger partial charge in [0.2, 0.25) is 5.91 Å². The molecule has 1 heterocycles. The number of carbonyl (C=O) groups excluding carboxylic acids is 1. The Hall–Kier alpha value is -1.56. The van der Waals surface area contributed by atoms with Crippen molar-refractivity contribution in [3.05, 3.63) is 29.3 Å². The first-order valence-electron chi connectivity index (χ1n) is 7.39. The van der Waals surface area contributed by atoms with Gasteiger partial charge in [0.25, 0.3) is 0 Å². The topological polar surface area (TPSA) is 32.3 Å². The summed E-state index contributed by atoms with van der Waals surface area (Å²) < 4.78 is 37.1. The van der Waals surface area contributed by atoms with Crippen molar-refractivity contribution < 1.29 is 18.0 Å². The zero-order valence-electron chi connectivity index (χ0n) is 12.8. The highest BCUT2D eigenvalue weighted by atomic mass is 19.4. The van der Waals surface area contributed by atoms with E-state index < -0.39 is 18.5 Å². The van der Waals surface area contributed by atoms with Crippen molar-refractivity contribution in [2.24, 2.45) is 5.92 Å². The fourth-order valence-corrected chi connectivity index (χ4v) is 2.90. The Bertz CT molecular complexity index is 543. The van der Waals surface area contributed by atoms with E-state index in [-0.39, 0.29) is 12.5 Å². The van der Waals surface area contributed by atoms with Gasteiger partial charge < -0.3 is 5.32 Å². The minimum atomic E-state index is -4.12. The van der Waals surface area contributed by atoms with Gasteiger partial charge in [-0.2, -0.15) is 13.2 Å². The van der Waals surface area contributed by atoms with Crippen LogP contribution < -0.4 is 5.32 Å². The second kappa shape index (κ2) is 6.69. The first-order valence-corrected chi connectivity index (χ1v) is 7.39. The molecule has 1 amide bonds. The third-order valence-corrected chi connectivity index (χ3v) is 3.91. The molecule has 122 valence electrons. The molecular weight excluding hydrogens is 293 g/mol. The molecule has 1 aromatic carbocycles. The Morgan fingerprint density at radius 1 is 1.36 bits per heavy atom. The molecule has 0 radical (unpaired) electrons. The van der Waals surface area contributed by atoms with Gasteiger partial charge >= 0.3 is 6.18 Å². The molecule has 1 atom stereocenters. The van der Waals surface area contributed by atoms with Crippen molar-refractivity contribution in [1.29, 1.82) is 0 Å². The molecule has 1 aliphatic rings. The number of likely N-dealkylation sites (tertiary alicyclic amines) is 1. The molecule has 1 N–H and O–H groups in total. The van der Waals surface area contributed by atoms with Crippen LogP contribution in [0.1, 0.15) is 24.0 Å². The van der Waals surface area contributed by atoms with Crippen LogP contribution in [-0.2, 0) is 4.79 Å². The summed E-state index contributed by atoms with van der Waals surface area (Å²) in [7, 11) is 0. The molecule has 0 spiro atoms. The van der Waals surface area contributed by atoms with Crippen LogP contribution in [0.4, 0.5) is 18.9 Å². The quantitative estimate of drug-likeness (QED) is 0.922. The average molecular weight is 314 g/mol. The summed E-state index contributed by atoms with van der Waals surface area (Å²) in [4.78, 5) is 13.8. The number of carbonyl (C=O) groups is 1. The lowest BCUT2D eigenvalue weighted by Gasteiger charge is -2.17. The van der Waals surface area contributed by atoms with Gasteiger partial charge in [-0.1, -0.05) is 17.7 Å². The van der Waals surface area contributed by atoms with E-state index in [2.05, 4.69) is 5.32 Å². The summed E-state index contributed by atoms with van der Waals surface area (Å²) in [6.07, 6.45) is -4.39. The SMILES string of the molecule is Cc1ccc(NC(=O)CN2CCC(CC(F)(F)F)C2)c(C)c1. The second-order valence-electron chi connectivity index (χ2n) is 6.08. The van der Waals surface area contributed by atoms with E-state index in [1.807, 2.05) is 32.0 Å². The summed E-state index contributed by atoms with van der Waals surface area (Å²) in [6, 6.07) is 5.74. The zero-order valence-corrected chi connectivity index (χ0v) is 12.8. The number of nitrogens with zero attached hydrogens (tertiary/aromatic N) is 1. The van der Waals surface area contributed by atoms with Crippen LogP contribution in [0.2, 0.25) is 0 Å². The molecule has 1 fully saturated rings. The van der Waals surface area contributed by atoms with Crippen molar-refractivity contribution in [3.8, 4) is 0 Å². The van der Waals surface area contributed by atoms with Gasteiger partial charge in [0, 0.05) is 18.7 Å². The van der Waals surface area contributed by atoms with Crippen molar-refractivity contribution in [1.82, 2.24) is 4.90 Å². The number of amides is 1. The number of hydrogen-bond donors (Lipinski definition) is 1. The van der Waals surface area contributed by atoms with Crippen molar-refractivity contribution >= 4 is 11.6 Å². The van der Waals surface area contributed by atoms with Crippen LogP contribution in [-0.4, -0.2) is 36.6 Å². The number of halogens is 3. The molecule has 3 nitrogen and oxygen atoms in total. The highest BCUT2D eigenvalue weighted by molar-refractivity contribution is 5.93. The van der Waals surface area contributed by atoms with E-state index in [1.165, 1.54) is 0 Å². The lowest BCUT2D eigenvalue weighted by atomic mass is 10.1. The lowest BCUT2D eigenvalue weighted by molar-refractivity contribution is -0.143. The third-order valence-electron chi connectivity index (χ3n) is 3.91. The maximum Gasteiger partial charge on any atom is 0.389 e. The Labute approximate surface area is 128 Å². The van der Waals surface area contributed by atoms with Gasteiger partial charge in [-0.05, 0) is 44.4 Å². The number of hydrogen-bond acceptors (Lipinski definition) is 2. The molecule has 0 aliphatic carbocycles. The van der Waals surface area contributed by atoms with E-state index >= 15 is 0 Å². The Morgan fingerprint density at radius 2 is 2.09 bits per heavy atom. The monoisotopic (exact) mass is 314 g/mol. The number of benzene rings is 1. The third kappa shape index (κ3) is 5.02. The maximum absolute atomic E-state index is 12.4. The largest absolute Gasteiger partial charge is 0.389 e. The Balaban J connectivity index is 1.83. The van der Waals surface area contributed by atoms with E-state index in [9.17, 15) is 18.0 Å². The minimum Gasteiger partial charge on any atom is -0.325 e. The molecule has 1 aliphatic heterocycles. The molecule has 1 unspecified atom stereocenters. The highest BCUT2D eigenvalue weighted by Crippen LogP contribution is 2.30. The minimum absolute atomic E-state index is 0.141. The van der Waals surface area contributed by atoms with Gasteiger partial charge in [-0.25, -0.2) is 0 Å². The van der Waals surface area contributed by atoms with Crippen LogP contribution in [0.25, 0.3) is 0 Å². The average Bonchev–Trinajstić information content (AvgIpc) is 2.77. The zero-order chi connectivity index (χ0) is 16.3. The first kappa shape index (κ1) is 16.8. The molecule has 0 aromatic heterocycles. The van der Waals surface area contributed by atoms with Gasteiger partial charge in [-0.15, -0.1) is 0 Å². The van der Waals surface area contributed by atoms with Crippen LogP contribution in [0.5, 0.6) is 0 Å². The summed E-state index contributed by atoms with van der Waals surface area (Å²) in [5.74, 6) is -0.575. The van der Waals surface area contributed by atoms with E-state index in [0.29, 0.717) is 19.5 Å². The molecule has 22 heavy (non-hydrogen) atoms. The Morgan fingerprint density at radius 3 is 2.73 bits per heavy atom. The number of nitrogens with one attached hydrogen (secondary N) is 1. The Kier molecular flexibility index (Phi) is 5.11. The molecule has 0 bridgehead atoms. The van der Waals surface area contributed by atoms with Crippen LogP contribution in [0.3, 0.4) is 0 Å². The normalized spacial score (nSPS) is 19.4. The second-order valence-corrected chi connectivity index (χ2v) is 6.08. The van der Waals surface area contributed by atoms with Crippen LogP contribution >= 0.6 is 0 Å². The summed E-state index contributed by atoms with van der Waals surface area (Å²) in [6.45, 7) is 4.91. The standard InChI is InChI=1S/C16H21F3N2O/c1-11-3-4-14(12(2)7-11)20-15(22)10-21-6-5-13(9-21)8-16(17,18)19/h3-4,7,13H,5-6,8-10H2,1-2H3,(H,20,22). The first-order chi connectivity index (χ1) is 10.2. The molecule has 1 aromatic rings. The summed E-state index contributed by atoms with van der Waals surface area (Å²) in [5.41, 5.74) is 2.84. The van der Waals surface area contributed by atoms with E-state index in [4.69, 9.17) is 0 Å². The fraction of sp³-hybridized carbons (Fsp3) is 0.562. The predicted molar refractivity (Wildman–Crippen MR) is 79.8 cm³/mol. The molecule has 2 rings (SSSR count). The van der Waals surface area contributed by atoms with Crippen molar-refractivity contribution in [2.45, 2.75) is 32.9 Å². The lowest BCUT2D eigenvalue weighted by Crippen LogP contribution is -2.32.